The summed E-state index contributed by atoms with van der Waals surface area (Å²) < 4.78 is 1.71. The van der Waals surface area contributed by atoms with Crippen molar-refractivity contribution in [2.45, 2.75) is 26.2 Å². The second-order valence-corrected chi connectivity index (χ2v) is 5.45. The molecule has 21 heavy (non-hydrogen) atoms. The van der Waals surface area contributed by atoms with E-state index >= 15 is 0 Å². The van der Waals surface area contributed by atoms with Crippen LogP contribution in [0, 0.1) is 12.8 Å². The predicted octanol–water partition coefficient (Wildman–Crippen LogP) is 1.35. The number of carbonyl (C=O) groups excluding carboxylic acids is 1. The average Bonchev–Trinajstić information content (AvgIpc) is 3.09. The van der Waals surface area contributed by atoms with Gasteiger partial charge in [-0.1, -0.05) is 0 Å². The molecule has 1 atom stereocenters. The minimum Gasteiger partial charge on any atom is -0.316 e. The maximum absolute atomic E-state index is 12.0. The first-order valence-electron chi connectivity index (χ1n) is 7.03. The molecular formula is C13H21ClN6O. The number of halogens is 1. The molecule has 3 heterocycles. The fourth-order valence-electron chi connectivity index (χ4n) is 2.82. The molecule has 0 bridgehead atoms. The molecular weight excluding hydrogens is 292 g/mol. The highest BCUT2D eigenvalue weighted by atomic mass is 35.5. The van der Waals surface area contributed by atoms with Crippen LogP contribution in [0.4, 0.5) is 5.82 Å². The third kappa shape index (κ3) is 3.19. The number of hydrogen-bond acceptors (Lipinski definition) is 4. The Morgan fingerprint density at radius 1 is 1.52 bits per heavy atom. The average molecular weight is 313 g/mol. The third-order valence-corrected chi connectivity index (χ3v) is 3.92. The summed E-state index contributed by atoms with van der Waals surface area (Å²) in [5, 5.41) is 18.5. The van der Waals surface area contributed by atoms with E-state index in [1.54, 1.807) is 4.68 Å². The smallest absolute Gasteiger partial charge is 0.225 e. The van der Waals surface area contributed by atoms with Gasteiger partial charge < -0.3 is 10.6 Å². The monoisotopic (exact) mass is 312 g/mol. The number of aromatic nitrogens is 4. The molecule has 2 aromatic rings. The molecule has 0 saturated carbocycles. The molecule has 0 aliphatic carbocycles. The second-order valence-electron chi connectivity index (χ2n) is 5.45. The van der Waals surface area contributed by atoms with Crippen molar-refractivity contribution in [2.24, 2.45) is 13.0 Å². The number of rotatable bonds is 4. The lowest BCUT2D eigenvalue weighted by Crippen LogP contribution is -2.15. The quantitative estimate of drug-likeness (QED) is 0.795. The van der Waals surface area contributed by atoms with E-state index in [-0.39, 0.29) is 18.3 Å². The lowest BCUT2D eigenvalue weighted by Gasteiger charge is -2.07. The SMILES string of the molecule is Cc1nn(C)c2n[nH]c(NC(=O)CCC3CCNC3)c12.Cl. The van der Waals surface area contributed by atoms with Crippen LogP contribution in [0.15, 0.2) is 0 Å². The Hall–Kier alpha value is -1.60. The van der Waals surface area contributed by atoms with E-state index in [1.807, 2.05) is 14.0 Å². The fourth-order valence-corrected chi connectivity index (χ4v) is 2.82. The topological polar surface area (TPSA) is 87.6 Å². The highest BCUT2D eigenvalue weighted by Crippen LogP contribution is 2.23. The molecule has 0 radical (unpaired) electrons. The molecule has 1 aliphatic rings. The van der Waals surface area contributed by atoms with E-state index in [0.29, 0.717) is 18.2 Å². The van der Waals surface area contributed by atoms with Gasteiger partial charge in [-0.05, 0) is 38.8 Å². The van der Waals surface area contributed by atoms with E-state index in [9.17, 15) is 4.79 Å². The van der Waals surface area contributed by atoms with Crippen molar-refractivity contribution < 1.29 is 4.79 Å². The predicted molar refractivity (Wildman–Crippen MR) is 83.7 cm³/mol. The van der Waals surface area contributed by atoms with Gasteiger partial charge in [-0.15, -0.1) is 12.4 Å². The van der Waals surface area contributed by atoms with Gasteiger partial charge in [-0.2, -0.15) is 10.2 Å². The Labute approximate surface area is 129 Å². The highest BCUT2D eigenvalue weighted by molar-refractivity contribution is 5.99. The van der Waals surface area contributed by atoms with Crippen LogP contribution >= 0.6 is 12.4 Å². The Kier molecular flexibility index (Phi) is 4.84. The minimum atomic E-state index is 0. The number of amides is 1. The molecule has 2 aromatic heterocycles. The number of aryl methyl sites for hydroxylation is 2. The van der Waals surface area contributed by atoms with E-state index in [1.165, 1.54) is 6.42 Å². The molecule has 1 saturated heterocycles. The lowest BCUT2D eigenvalue weighted by atomic mass is 10.0. The molecule has 3 rings (SSSR count). The van der Waals surface area contributed by atoms with Crippen LogP contribution in [0.5, 0.6) is 0 Å². The molecule has 7 nitrogen and oxygen atoms in total. The molecule has 3 N–H and O–H groups in total. The molecule has 1 amide bonds. The van der Waals surface area contributed by atoms with Gasteiger partial charge in [0.25, 0.3) is 0 Å². The maximum atomic E-state index is 12.0. The summed E-state index contributed by atoms with van der Waals surface area (Å²) in [6.45, 7) is 4.02. The van der Waals surface area contributed by atoms with Crippen LogP contribution in [-0.2, 0) is 11.8 Å². The van der Waals surface area contributed by atoms with Crippen molar-refractivity contribution in [2.75, 3.05) is 18.4 Å². The number of nitrogens with one attached hydrogen (secondary N) is 3. The second kappa shape index (κ2) is 6.44. The summed E-state index contributed by atoms with van der Waals surface area (Å²) in [5.74, 6) is 1.31. The highest BCUT2D eigenvalue weighted by Gasteiger charge is 2.18. The molecule has 1 fully saturated rings. The van der Waals surface area contributed by atoms with Crippen molar-refractivity contribution in [3.05, 3.63) is 5.69 Å². The summed E-state index contributed by atoms with van der Waals surface area (Å²) in [6, 6.07) is 0. The van der Waals surface area contributed by atoms with Crippen molar-refractivity contribution in [1.29, 1.82) is 0 Å². The standard InChI is InChI=1S/C13H20N6O.ClH/c1-8-11-12(16-17-13(11)19(2)18-8)15-10(20)4-3-9-5-6-14-7-9;/h9,14H,3-7H2,1-2H3,(H2,15,16,17,20);1H. The first-order chi connectivity index (χ1) is 9.65. The van der Waals surface area contributed by atoms with Crippen molar-refractivity contribution in [1.82, 2.24) is 25.3 Å². The zero-order valence-electron chi connectivity index (χ0n) is 12.3. The fraction of sp³-hybridized carbons (Fsp3) is 0.615. The van der Waals surface area contributed by atoms with Crippen molar-refractivity contribution in [3.63, 3.8) is 0 Å². The normalized spacial score (nSPS) is 17.9. The van der Waals surface area contributed by atoms with Crippen LogP contribution in [0.1, 0.15) is 25.0 Å². The summed E-state index contributed by atoms with van der Waals surface area (Å²) in [7, 11) is 1.84. The van der Waals surface area contributed by atoms with Gasteiger partial charge in [-0.25, -0.2) is 4.68 Å². The number of nitrogens with zero attached hydrogens (tertiary/aromatic N) is 3. The zero-order valence-corrected chi connectivity index (χ0v) is 13.1. The summed E-state index contributed by atoms with van der Waals surface area (Å²) in [6.07, 6.45) is 2.65. The van der Waals surface area contributed by atoms with E-state index in [2.05, 4.69) is 25.9 Å². The Balaban J connectivity index is 0.00000161. The molecule has 0 aromatic carbocycles. The summed E-state index contributed by atoms with van der Waals surface area (Å²) in [4.78, 5) is 12.0. The van der Waals surface area contributed by atoms with Gasteiger partial charge in [0.1, 0.15) is 5.82 Å². The minimum absolute atomic E-state index is 0. The van der Waals surface area contributed by atoms with Gasteiger partial charge in [0.15, 0.2) is 5.65 Å². The zero-order chi connectivity index (χ0) is 14.1. The Bertz CT molecular complexity index is 628. The molecule has 1 unspecified atom stereocenters. The Morgan fingerprint density at radius 3 is 3.05 bits per heavy atom. The van der Waals surface area contributed by atoms with Crippen molar-refractivity contribution >= 4 is 35.2 Å². The molecule has 116 valence electrons. The van der Waals surface area contributed by atoms with Gasteiger partial charge in [-0.3, -0.25) is 9.89 Å². The number of H-pyrrole nitrogens is 1. The number of anilines is 1. The van der Waals surface area contributed by atoms with Crippen LogP contribution < -0.4 is 10.6 Å². The Morgan fingerprint density at radius 2 is 2.33 bits per heavy atom. The lowest BCUT2D eigenvalue weighted by molar-refractivity contribution is -0.116. The molecule has 8 heteroatoms. The largest absolute Gasteiger partial charge is 0.316 e. The van der Waals surface area contributed by atoms with Crippen molar-refractivity contribution in [3.8, 4) is 0 Å². The number of hydrogen-bond donors (Lipinski definition) is 3. The van der Waals surface area contributed by atoms with E-state index in [4.69, 9.17) is 0 Å². The van der Waals surface area contributed by atoms with Crippen LogP contribution in [0.25, 0.3) is 11.0 Å². The van der Waals surface area contributed by atoms with Crippen LogP contribution in [0.3, 0.4) is 0 Å². The van der Waals surface area contributed by atoms with Gasteiger partial charge >= 0.3 is 0 Å². The van der Waals surface area contributed by atoms with E-state index < -0.39 is 0 Å². The summed E-state index contributed by atoms with van der Waals surface area (Å²) >= 11 is 0. The van der Waals surface area contributed by atoms with Crippen LogP contribution in [0.2, 0.25) is 0 Å². The van der Waals surface area contributed by atoms with Gasteiger partial charge in [0.05, 0.1) is 11.1 Å². The number of aromatic amines is 1. The van der Waals surface area contributed by atoms with Gasteiger partial charge in [0, 0.05) is 13.5 Å². The summed E-state index contributed by atoms with van der Waals surface area (Å²) in [5.41, 5.74) is 1.63. The van der Waals surface area contributed by atoms with Gasteiger partial charge in [0.2, 0.25) is 5.91 Å². The van der Waals surface area contributed by atoms with Crippen LogP contribution in [-0.4, -0.2) is 39.0 Å². The maximum Gasteiger partial charge on any atom is 0.225 e. The first kappa shape index (κ1) is 15.8. The number of fused-ring (bicyclic) bond motifs is 1. The first-order valence-corrected chi connectivity index (χ1v) is 7.03. The van der Waals surface area contributed by atoms with E-state index in [0.717, 1.165) is 36.2 Å². The molecule has 1 aliphatic heterocycles. The number of carbonyl (C=O) groups is 1. The third-order valence-electron chi connectivity index (χ3n) is 3.92. The molecule has 0 spiro atoms.